The summed E-state index contributed by atoms with van der Waals surface area (Å²) in [6.45, 7) is 5.58. The fraction of sp³-hybridized carbons (Fsp3) is 0.348. The van der Waals surface area contributed by atoms with Gasteiger partial charge in [0.1, 0.15) is 0 Å². The number of nitrogens with one attached hydrogen (secondary N) is 1. The minimum Gasteiger partial charge on any atom is -0.388 e. The molecule has 1 unspecified atom stereocenters. The molecule has 0 fully saturated rings. The number of aryl methyl sites for hydroxylation is 1. The van der Waals surface area contributed by atoms with Crippen LogP contribution in [0.1, 0.15) is 36.1 Å². The van der Waals surface area contributed by atoms with Crippen LogP contribution in [-0.4, -0.2) is 38.6 Å². The van der Waals surface area contributed by atoms with Crippen LogP contribution in [0.15, 0.2) is 53.0 Å². The van der Waals surface area contributed by atoms with Crippen molar-refractivity contribution in [2.75, 3.05) is 32.6 Å². The van der Waals surface area contributed by atoms with Crippen molar-refractivity contribution < 1.29 is 9.53 Å². The third-order valence-electron chi connectivity index (χ3n) is 4.80. The van der Waals surface area contributed by atoms with Gasteiger partial charge in [-0.2, -0.15) is 0 Å². The zero-order chi connectivity index (χ0) is 20.5. The number of rotatable bonds is 5. The second-order valence-corrected chi connectivity index (χ2v) is 7.57. The number of anilines is 1. The van der Waals surface area contributed by atoms with E-state index < -0.39 is 0 Å². The molecule has 1 N–H and O–H groups in total. The molecule has 3 rings (SSSR count). The lowest BCUT2D eigenvalue weighted by atomic mass is 9.91. The van der Waals surface area contributed by atoms with E-state index >= 15 is 0 Å². The van der Waals surface area contributed by atoms with Crippen LogP contribution in [0.3, 0.4) is 0 Å². The smallest absolute Gasteiger partial charge is 0.210 e. The molecule has 150 valence electrons. The third kappa shape index (κ3) is 5.69. The SMILES string of the molecule is CCOC.CNc1ccc(Br)cc1C1=CC(c2ccc(C)cc2)N(C=O)CC1. The van der Waals surface area contributed by atoms with Gasteiger partial charge in [0, 0.05) is 43.0 Å². The summed E-state index contributed by atoms with van der Waals surface area (Å²) in [5, 5.41) is 3.26. The Balaban J connectivity index is 0.000000640. The van der Waals surface area contributed by atoms with E-state index in [1.807, 2.05) is 24.9 Å². The highest BCUT2D eigenvalue weighted by Gasteiger charge is 2.23. The second kappa shape index (κ2) is 11.0. The lowest BCUT2D eigenvalue weighted by Gasteiger charge is -2.32. The molecule has 0 aromatic heterocycles. The molecular formula is C23H29BrN2O2. The summed E-state index contributed by atoms with van der Waals surface area (Å²) in [5.74, 6) is 0. The van der Waals surface area contributed by atoms with Crippen molar-refractivity contribution >= 4 is 33.6 Å². The lowest BCUT2D eigenvalue weighted by molar-refractivity contribution is -0.119. The van der Waals surface area contributed by atoms with Crippen LogP contribution in [0.4, 0.5) is 5.69 Å². The van der Waals surface area contributed by atoms with Crippen LogP contribution >= 0.6 is 15.9 Å². The zero-order valence-electron chi connectivity index (χ0n) is 17.0. The summed E-state index contributed by atoms with van der Waals surface area (Å²) < 4.78 is 5.60. The predicted molar refractivity (Wildman–Crippen MR) is 121 cm³/mol. The molecule has 0 saturated heterocycles. The minimum atomic E-state index is -0.0180. The van der Waals surface area contributed by atoms with E-state index in [9.17, 15) is 4.79 Å². The van der Waals surface area contributed by atoms with Gasteiger partial charge in [-0.3, -0.25) is 4.79 Å². The van der Waals surface area contributed by atoms with E-state index in [0.29, 0.717) is 0 Å². The lowest BCUT2D eigenvalue weighted by Crippen LogP contribution is -2.30. The number of methoxy groups -OCH3 is 1. The summed E-state index contributed by atoms with van der Waals surface area (Å²) in [5.41, 5.74) is 5.93. The monoisotopic (exact) mass is 444 g/mol. The first kappa shape index (κ1) is 22.2. The molecule has 0 radical (unpaired) electrons. The number of carbonyl (C=O) groups excluding carboxylic acids is 1. The van der Waals surface area contributed by atoms with Gasteiger partial charge in [-0.05, 0) is 49.6 Å². The highest BCUT2D eigenvalue weighted by atomic mass is 79.9. The average molecular weight is 445 g/mol. The molecule has 0 aliphatic carbocycles. The highest BCUT2D eigenvalue weighted by Crippen LogP contribution is 2.36. The summed E-state index contributed by atoms with van der Waals surface area (Å²) in [7, 11) is 3.62. The standard InChI is InChI=1S/C20H21BrN2O.C3H8O/c1-14-3-5-15(6-4-14)20-11-16(9-10-23(20)13-24)18-12-17(21)7-8-19(18)22-2;1-3-4-2/h3-8,11-13,20,22H,9-10H2,1-2H3;3H2,1-2H3. The molecule has 0 bridgehead atoms. The van der Waals surface area contributed by atoms with Crippen LogP contribution in [0.25, 0.3) is 5.57 Å². The number of benzene rings is 2. The topological polar surface area (TPSA) is 41.6 Å². The van der Waals surface area contributed by atoms with Crippen LogP contribution in [0, 0.1) is 6.92 Å². The first-order valence-electron chi connectivity index (χ1n) is 9.48. The summed E-state index contributed by atoms with van der Waals surface area (Å²) in [6, 6.07) is 14.6. The Bertz CT molecular complexity index is 801. The van der Waals surface area contributed by atoms with Crippen LogP contribution < -0.4 is 5.32 Å². The first-order valence-corrected chi connectivity index (χ1v) is 10.3. The Labute approximate surface area is 176 Å². The van der Waals surface area contributed by atoms with Crippen molar-refractivity contribution in [3.05, 3.63) is 69.7 Å². The largest absolute Gasteiger partial charge is 0.388 e. The molecule has 2 aromatic carbocycles. The normalized spacial score (nSPS) is 16.0. The van der Waals surface area contributed by atoms with Crippen molar-refractivity contribution in [1.82, 2.24) is 4.90 Å². The fourth-order valence-electron chi connectivity index (χ4n) is 3.15. The maximum absolute atomic E-state index is 11.5. The van der Waals surface area contributed by atoms with E-state index in [1.54, 1.807) is 7.11 Å². The van der Waals surface area contributed by atoms with Crippen LogP contribution in [0.5, 0.6) is 0 Å². The van der Waals surface area contributed by atoms with Gasteiger partial charge in [0.05, 0.1) is 6.04 Å². The van der Waals surface area contributed by atoms with Gasteiger partial charge in [-0.25, -0.2) is 0 Å². The minimum absolute atomic E-state index is 0.0180. The number of hydrogen-bond donors (Lipinski definition) is 1. The molecule has 1 aliphatic rings. The number of hydrogen-bond acceptors (Lipinski definition) is 3. The number of halogens is 1. The predicted octanol–water partition coefficient (Wildman–Crippen LogP) is 5.44. The fourth-order valence-corrected chi connectivity index (χ4v) is 3.51. The first-order chi connectivity index (χ1) is 13.5. The molecule has 5 heteroatoms. The quantitative estimate of drug-likeness (QED) is 0.624. The molecular weight excluding hydrogens is 416 g/mol. The Morgan fingerprint density at radius 2 is 1.93 bits per heavy atom. The van der Waals surface area contributed by atoms with E-state index in [4.69, 9.17) is 0 Å². The molecule has 0 spiro atoms. The summed E-state index contributed by atoms with van der Waals surface area (Å²) in [4.78, 5) is 13.4. The van der Waals surface area contributed by atoms with Gasteiger partial charge in [0.25, 0.3) is 0 Å². The van der Waals surface area contributed by atoms with E-state index in [2.05, 4.69) is 75.4 Å². The van der Waals surface area contributed by atoms with Crippen LogP contribution in [-0.2, 0) is 9.53 Å². The maximum Gasteiger partial charge on any atom is 0.210 e. The van der Waals surface area contributed by atoms with Gasteiger partial charge in [-0.1, -0.05) is 51.8 Å². The van der Waals surface area contributed by atoms with Crippen molar-refractivity contribution in [1.29, 1.82) is 0 Å². The molecule has 4 nitrogen and oxygen atoms in total. The van der Waals surface area contributed by atoms with Crippen molar-refractivity contribution in [3.8, 4) is 0 Å². The molecule has 0 saturated carbocycles. The number of carbonyl (C=O) groups is 1. The Morgan fingerprint density at radius 3 is 2.50 bits per heavy atom. The van der Waals surface area contributed by atoms with Crippen molar-refractivity contribution in [2.45, 2.75) is 26.3 Å². The van der Waals surface area contributed by atoms with E-state index in [1.165, 1.54) is 16.7 Å². The van der Waals surface area contributed by atoms with E-state index in [-0.39, 0.29) is 6.04 Å². The van der Waals surface area contributed by atoms with E-state index in [0.717, 1.165) is 41.7 Å². The summed E-state index contributed by atoms with van der Waals surface area (Å²) in [6.07, 6.45) is 4.02. The molecule has 1 atom stereocenters. The molecule has 1 amide bonds. The Hall–Kier alpha value is -2.11. The highest BCUT2D eigenvalue weighted by molar-refractivity contribution is 9.10. The van der Waals surface area contributed by atoms with Gasteiger partial charge >= 0.3 is 0 Å². The van der Waals surface area contributed by atoms with Gasteiger partial charge in [0.15, 0.2) is 0 Å². The van der Waals surface area contributed by atoms with Gasteiger partial charge < -0.3 is 15.0 Å². The van der Waals surface area contributed by atoms with Gasteiger partial charge in [-0.15, -0.1) is 0 Å². The summed E-state index contributed by atoms with van der Waals surface area (Å²) >= 11 is 3.56. The molecule has 1 heterocycles. The Kier molecular flexibility index (Phi) is 8.74. The average Bonchev–Trinajstić information content (AvgIpc) is 2.74. The molecule has 1 aliphatic heterocycles. The molecule has 2 aromatic rings. The third-order valence-corrected chi connectivity index (χ3v) is 5.29. The molecule has 28 heavy (non-hydrogen) atoms. The van der Waals surface area contributed by atoms with Crippen molar-refractivity contribution in [3.63, 3.8) is 0 Å². The zero-order valence-corrected chi connectivity index (χ0v) is 18.6. The van der Waals surface area contributed by atoms with Crippen LogP contribution in [0.2, 0.25) is 0 Å². The second-order valence-electron chi connectivity index (χ2n) is 6.66. The maximum atomic E-state index is 11.5. The number of nitrogens with zero attached hydrogens (tertiary/aromatic N) is 1. The number of amides is 1. The number of ether oxygens (including phenoxy) is 1. The van der Waals surface area contributed by atoms with Gasteiger partial charge in [0.2, 0.25) is 6.41 Å². The van der Waals surface area contributed by atoms with Crippen molar-refractivity contribution in [2.24, 2.45) is 0 Å². The Morgan fingerprint density at radius 1 is 1.25 bits per heavy atom.